The standard InChI is InChI=1S/C8H18N2O2S/c1-6(2-4-11)13-5-3-7(9)8(10)12/h6-7,11H,2-5,9H2,1H3,(H2,10,12). The molecule has 0 heterocycles. The van der Waals surface area contributed by atoms with Crippen LogP contribution in [0.25, 0.3) is 0 Å². The van der Waals surface area contributed by atoms with Crippen molar-refractivity contribution < 1.29 is 9.90 Å². The second kappa shape index (κ2) is 7.17. The third kappa shape index (κ3) is 6.86. The average molecular weight is 206 g/mol. The maximum Gasteiger partial charge on any atom is 0.234 e. The summed E-state index contributed by atoms with van der Waals surface area (Å²) in [5.41, 5.74) is 10.4. The molecule has 0 saturated heterocycles. The smallest absolute Gasteiger partial charge is 0.234 e. The Morgan fingerprint density at radius 1 is 1.54 bits per heavy atom. The SMILES string of the molecule is CC(CCO)SCCC(N)C(N)=O. The molecule has 0 aromatic carbocycles. The molecule has 0 rings (SSSR count). The van der Waals surface area contributed by atoms with Gasteiger partial charge in [0.05, 0.1) is 6.04 Å². The van der Waals surface area contributed by atoms with Gasteiger partial charge in [0.2, 0.25) is 5.91 Å². The zero-order chi connectivity index (χ0) is 10.3. The van der Waals surface area contributed by atoms with E-state index in [-0.39, 0.29) is 6.61 Å². The van der Waals surface area contributed by atoms with Gasteiger partial charge in [0, 0.05) is 11.9 Å². The number of aliphatic hydroxyl groups excluding tert-OH is 1. The van der Waals surface area contributed by atoms with E-state index in [1.165, 1.54) is 0 Å². The predicted octanol–water partition coefficient (Wildman–Crippen LogP) is -0.307. The number of thioether (sulfide) groups is 1. The van der Waals surface area contributed by atoms with Crippen molar-refractivity contribution in [3.8, 4) is 0 Å². The van der Waals surface area contributed by atoms with Crippen molar-refractivity contribution >= 4 is 17.7 Å². The van der Waals surface area contributed by atoms with Gasteiger partial charge >= 0.3 is 0 Å². The fraction of sp³-hybridized carbons (Fsp3) is 0.875. The molecule has 0 fully saturated rings. The highest BCUT2D eigenvalue weighted by atomic mass is 32.2. The topological polar surface area (TPSA) is 89.3 Å². The van der Waals surface area contributed by atoms with E-state index < -0.39 is 11.9 Å². The fourth-order valence-electron chi connectivity index (χ4n) is 0.804. The summed E-state index contributed by atoms with van der Waals surface area (Å²) in [5.74, 6) is 0.362. The number of rotatable bonds is 7. The molecule has 0 aliphatic carbocycles. The summed E-state index contributed by atoms with van der Waals surface area (Å²) in [6.07, 6.45) is 1.38. The van der Waals surface area contributed by atoms with Gasteiger partial charge in [0.15, 0.2) is 0 Å². The molecule has 0 aliphatic rings. The van der Waals surface area contributed by atoms with Crippen LogP contribution in [0.4, 0.5) is 0 Å². The van der Waals surface area contributed by atoms with Gasteiger partial charge in [-0.2, -0.15) is 11.8 Å². The van der Waals surface area contributed by atoms with Crippen LogP contribution in [0.2, 0.25) is 0 Å². The zero-order valence-corrected chi connectivity index (χ0v) is 8.72. The number of hydrogen-bond donors (Lipinski definition) is 3. The lowest BCUT2D eigenvalue weighted by Gasteiger charge is -2.10. The quantitative estimate of drug-likeness (QED) is 0.533. The van der Waals surface area contributed by atoms with E-state index in [1.807, 2.05) is 6.92 Å². The summed E-state index contributed by atoms with van der Waals surface area (Å²) in [6, 6.07) is -0.533. The second-order valence-corrected chi connectivity index (χ2v) is 4.54. The van der Waals surface area contributed by atoms with Crippen molar-refractivity contribution in [3.63, 3.8) is 0 Å². The lowest BCUT2D eigenvalue weighted by atomic mass is 10.2. The summed E-state index contributed by atoms with van der Waals surface area (Å²) in [5, 5.41) is 9.03. The first-order chi connectivity index (χ1) is 6.07. The molecule has 2 atom stereocenters. The first kappa shape index (κ1) is 12.7. The van der Waals surface area contributed by atoms with E-state index >= 15 is 0 Å². The summed E-state index contributed by atoms with van der Waals surface area (Å²) in [4.78, 5) is 10.5. The Kier molecular flexibility index (Phi) is 7.03. The number of hydrogen-bond acceptors (Lipinski definition) is 4. The van der Waals surface area contributed by atoms with Crippen molar-refractivity contribution in [1.82, 2.24) is 0 Å². The molecule has 0 saturated carbocycles. The number of amides is 1. The lowest BCUT2D eigenvalue weighted by molar-refractivity contribution is -0.119. The molecule has 5 heteroatoms. The van der Waals surface area contributed by atoms with Gasteiger partial charge in [-0.15, -0.1) is 0 Å². The molecule has 4 nitrogen and oxygen atoms in total. The van der Waals surface area contributed by atoms with E-state index in [0.717, 1.165) is 12.2 Å². The van der Waals surface area contributed by atoms with Crippen LogP contribution in [0.15, 0.2) is 0 Å². The van der Waals surface area contributed by atoms with Crippen molar-refractivity contribution in [2.75, 3.05) is 12.4 Å². The first-order valence-corrected chi connectivity index (χ1v) is 5.40. The Balaban J connectivity index is 3.39. The van der Waals surface area contributed by atoms with E-state index in [1.54, 1.807) is 11.8 Å². The number of carbonyl (C=O) groups excluding carboxylic acids is 1. The molecule has 78 valence electrons. The number of nitrogens with two attached hydrogens (primary N) is 2. The van der Waals surface area contributed by atoms with Gasteiger partial charge in [-0.25, -0.2) is 0 Å². The third-order valence-corrected chi connectivity index (χ3v) is 3.01. The maximum atomic E-state index is 10.5. The molecule has 0 spiro atoms. The van der Waals surface area contributed by atoms with Crippen LogP contribution < -0.4 is 11.5 Å². The molecule has 13 heavy (non-hydrogen) atoms. The summed E-state index contributed by atoms with van der Waals surface area (Å²) in [7, 11) is 0. The third-order valence-electron chi connectivity index (χ3n) is 1.73. The Morgan fingerprint density at radius 2 is 2.15 bits per heavy atom. The van der Waals surface area contributed by atoms with Crippen molar-refractivity contribution in [1.29, 1.82) is 0 Å². The molecule has 5 N–H and O–H groups in total. The normalized spacial score (nSPS) is 15.3. The van der Waals surface area contributed by atoms with Crippen molar-refractivity contribution in [3.05, 3.63) is 0 Å². The fourth-order valence-corrected chi connectivity index (χ4v) is 1.87. The molecule has 0 radical (unpaired) electrons. The van der Waals surface area contributed by atoms with E-state index in [0.29, 0.717) is 11.7 Å². The second-order valence-electron chi connectivity index (χ2n) is 2.99. The van der Waals surface area contributed by atoms with Crippen LogP contribution in [0.1, 0.15) is 19.8 Å². The highest BCUT2D eigenvalue weighted by Gasteiger charge is 2.09. The van der Waals surface area contributed by atoms with Crippen LogP contribution >= 0.6 is 11.8 Å². The average Bonchev–Trinajstić information content (AvgIpc) is 2.04. The minimum Gasteiger partial charge on any atom is -0.396 e. The molecular formula is C8H18N2O2S. The van der Waals surface area contributed by atoms with E-state index in [9.17, 15) is 4.79 Å². The Hall–Kier alpha value is -0.260. The summed E-state index contributed by atoms with van der Waals surface area (Å²) >= 11 is 1.70. The lowest BCUT2D eigenvalue weighted by Crippen LogP contribution is -2.36. The highest BCUT2D eigenvalue weighted by Crippen LogP contribution is 2.14. The van der Waals surface area contributed by atoms with Gasteiger partial charge in [-0.1, -0.05) is 6.92 Å². The van der Waals surface area contributed by atoms with Crippen LogP contribution in [-0.4, -0.2) is 34.7 Å². The number of aliphatic hydroxyl groups is 1. The zero-order valence-electron chi connectivity index (χ0n) is 7.90. The van der Waals surface area contributed by atoms with Crippen LogP contribution in [0.5, 0.6) is 0 Å². The summed E-state index contributed by atoms with van der Waals surface area (Å²) < 4.78 is 0. The van der Waals surface area contributed by atoms with Crippen LogP contribution in [0, 0.1) is 0 Å². The van der Waals surface area contributed by atoms with E-state index in [2.05, 4.69) is 0 Å². The monoisotopic (exact) mass is 206 g/mol. The molecule has 0 bridgehead atoms. The van der Waals surface area contributed by atoms with Gasteiger partial charge in [-0.05, 0) is 18.6 Å². The van der Waals surface area contributed by atoms with Gasteiger partial charge in [0.1, 0.15) is 0 Å². The summed E-state index contributed by atoms with van der Waals surface area (Å²) in [6.45, 7) is 2.24. The largest absolute Gasteiger partial charge is 0.396 e. The van der Waals surface area contributed by atoms with Crippen LogP contribution in [0.3, 0.4) is 0 Å². The van der Waals surface area contributed by atoms with E-state index in [4.69, 9.17) is 16.6 Å². The molecular weight excluding hydrogens is 188 g/mol. The maximum absolute atomic E-state index is 10.5. The minimum atomic E-state index is -0.533. The predicted molar refractivity (Wildman–Crippen MR) is 55.4 cm³/mol. The van der Waals surface area contributed by atoms with Gasteiger partial charge < -0.3 is 16.6 Å². The molecule has 0 aromatic heterocycles. The molecule has 1 amide bonds. The molecule has 0 aromatic rings. The molecule has 0 aliphatic heterocycles. The minimum absolute atomic E-state index is 0.204. The number of carbonyl (C=O) groups is 1. The number of primary amides is 1. The Morgan fingerprint density at radius 3 is 2.62 bits per heavy atom. The Labute approximate surface area is 83.1 Å². The highest BCUT2D eigenvalue weighted by molar-refractivity contribution is 7.99. The Bertz CT molecular complexity index is 155. The van der Waals surface area contributed by atoms with Crippen molar-refractivity contribution in [2.24, 2.45) is 11.5 Å². The van der Waals surface area contributed by atoms with Gasteiger partial charge in [-0.3, -0.25) is 4.79 Å². The van der Waals surface area contributed by atoms with Crippen LogP contribution in [-0.2, 0) is 4.79 Å². The van der Waals surface area contributed by atoms with Crippen molar-refractivity contribution in [2.45, 2.75) is 31.1 Å². The molecule has 2 unspecified atom stereocenters. The first-order valence-electron chi connectivity index (χ1n) is 4.35. The van der Waals surface area contributed by atoms with Gasteiger partial charge in [0.25, 0.3) is 0 Å².